The summed E-state index contributed by atoms with van der Waals surface area (Å²) in [5.74, 6) is -1.01. The highest BCUT2D eigenvalue weighted by atomic mass is 35.5. The van der Waals surface area contributed by atoms with Gasteiger partial charge in [0, 0.05) is 17.7 Å². The Morgan fingerprint density at radius 2 is 1.79 bits per heavy atom. The first kappa shape index (κ1) is 30.5. The first-order valence-corrected chi connectivity index (χ1v) is 13.5. The van der Waals surface area contributed by atoms with Gasteiger partial charge in [-0.2, -0.15) is 13.2 Å². The quantitative estimate of drug-likeness (QED) is 0.131. The van der Waals surface area contributed by atoms with Crippen molar-refractivity contribution in [2.24, 2.45) is 0 Å². The van der Waals surface area contributed by atoms with Crippen LogP contribution < -0.4 is 10.6 Å². The molecule has 4 rings (SSSR count). The van der Waals surface area contributed by atoms with Gasteiger partial charge in [0.05, 0.1) is 39.2 Å². The number of aryl methyl sites for hydroxylation is 1. The predicted octanol–water partition coefficient (Wildman–Crippen LogP) is 6.13. The second kappa shape index (κ2) is 12.6. The third-order valence-electron chi connectivity index (χ3n) is 6.16. The number of anilines is 1. The number of non-ortho nitro benzene ring substituents is 1. The first-order valence-electron chi connectivity index (χ1n) is 12.2. The molecule has 218 valence electrons. The van der Waals surface area contributed by atoms with Crippen LogP contribution in [0.5, 0.6) is 0 Å². The number of rotatable bonds is 9. The van der Waals surface area contributed by atoms with Crippen LogP contribution in [0.1, 0.15) is 32.9 Å². The highest BCUT2D eigenvalue weighted by Crippen LogP contribution is 2.34. The summed E-state index contributed by atoms with van der Waals surface area (Å²) < 4.78 is 41.0. The van der Waals surface area contributed by atoms with E-state index < -0.39 is 28.5 Å². The fourth-order valence-corrected chi connectivity index (χ4v) is 4.77. The van der Waals surface area contributed by atoms with E-state index in [-0.39, 0.29) is 34.3 Å². The summed E-state index contributed by atoms with van der Waals surface area (Å²) in [7, 11) is 0. The van der Waals surface area contributed by atoms with Crippen LogP contribution in [0.4, 0.5) is 24.5 Å². The molecule has 2 amide bonds. The topological polar surface area (TPSA) is 132 Å². The van der Waals surface area contributed by atoms with Gasteiger partial charge in [-0.15, -0.1) is 10.2 Å². The van der Waals surface area contributed by atoms with Crippen molar-refractivity contribution in [1.82, 2.24) is 20.1 Å². The van der Waals surface area contributed by atoms with E-state index in [4.69, 9.17) is 11.6 Å². The minimum Gasteiger partial charge on any atom is -0.345 e. The molecule has 15 heteroatoms. The van der Waals surface area contributed by atoms with E-state index >= 15 is 0 Å². The number of hydrogen-bond donors (Lipinski definition) is 2. The molecule has 0 atom stereocenters. The van der Waals surface area contributed by atoms with Gasteiger partial charge >= 0.3 is 6.18 Å². The summed E-state index contributed by atoms with van der Waals surface area (Å²) in [5, 5.41) is 24.6. The molecule has 10 nitrogen and oxygen atoms in total. The van der Waals surface area contributed by atoms with Crippen LogP contribution in [0.25, 0.3) is 5.69 Å². The zero-order chi connectivity index (χ0) is 30.6. The number of aromatic nitrogens is 3. The van der Waals surface area contributed by atoms with Crippen LogP contribution in [0.2, 0.25) is 5.02 Å². The first-order chi connectivity index (χ1) is 19.8. The molecule has 0 radical (unpaired) electrons. The monoisotopic (exact) mass is 618 g/mol. The number of thioether (sulfide) groups is 1. The van der Waals surface area contributed by atoms with Gasteiger partial charge < -0.3 is 10.6 Å². The lowest BCUT2D eigenvalue weighted by Crippen LogP contribution is -2.24. The summed E-state index contributed by atoms with van der Waals surface area (Å²) in [6.07, 6.45) is -4.61. The third kappa shape index (κ3) is 7.06. The van der Waals surface area contributed by atoms with Gasteiger partial charge in [0.15, 0.2) is 11.0 Å². The van der Waals surface area contributed by atoms with Gasteiger partial charge in [-0.3, -0.25) is 24.3 Å². The number of nitro benzene ring substituents is 1. The number of benzene rings is 3. The highest BCUT2D eigenvalue weighted by Gasteiger charge is 2.31. The average molecular weight is 619 g/mol. The van der Waals surface area contributed by atoms with Gasteiger partial charge in [-0.1, -0.05) is 35.5 Å². The molecule has 0 spiro atoms. The molecule has 1 aromatic heterocycles. The standard InChI is InChI=1S/C27H22ClF3N6O4S/c1-15-4-3-5-22(16(15)2)36-23(13-32-25(39)17-6-9-19(10-7-17)37(40)41)34-35-26(36)42-14-24(38)33-21-12-18(27(29,30)31)8-11-20(21)28/h3-12H,13-14H2,1-2H3,(H,32,39)(H,33,38). The molecule has 42 heavy (non-hydrogen) atoms. The van der Waals surface area contributed by atoms with Gasteiger partial charge in [-0.05, 0) is 61.4 Å². The minimum atomic E-state index is -4.61. The number of nitrogens with zero attached hydrogens (tertiary/aromatic N) is 4. The number of halogens is 4. The Hall–Kier alpha value is -4.43. The molecule has 0 saturated heterocycles. The maximum Gasteiger partial charge on any atom is 0.416 e. The lowest BCUT2D eigenvalue weighted by Gasteiger charge is -2.15. The maximum atomic E-state index is 13.1. The molecule has 0 saturated carbocycles. The number of carbonyl (C=O) groups excluding carboxylic acids is 2. The van der Waals surface area contributed by atoms with E-state index in [1.165, 1.54) is 24.3 Å². The van der Waals surface area contributed by atoms with Crippen LogP contribution in [0, 0.1) is 24.0 Å². The fourth-order valence-electron chi connectivity index (χ4n) is 3.84. The molecule has 0 bridgehead atoms. The van der Waals surface area contributed by atoms with Crippen LogP contribution in [0.15, 0.2) is 65.8 Å². The maximum absolute atomic E-state index is 13.1. The van der Waals surface area contributed by atoms with E-state index in [1.807, 2.05) is 32.0 Å². The summed E-state index contributed by atoms with van der Waals surface area (Å²) in [4.78, 5) is 35.7. The van der Waals surface area contributed by atoms with E-state index in [2.05, 4.69) is 20.8 Å². The Labute approximate surface area is 246 Å². The van der Waals surface area contributed by atoms with Crippen molar-refractivity contribution in [3.05, 3.63) is 104 Å². The molecule has 4 aromatic rings. The van der Waals surface area contributed by atoms with Crippen molar-refractivity contribution in [3.63, 3.8) is 0 Å². The van der Waals surface area contributed by atoms with Crippen LogP contribution in [0.3, 0.4) is 0 Å². The Morgan fingerprint density at radius 1 is 1.07 bits per heavy atom. The van der Waals surface area contributed by atoms with E-state index in [1.54, 1.807) is 4.57 Å². The molecule has 3 aromatic carbocycles. The van der Waals surface area contributed by atoms with Gasteiger partial charge in [-0.25, -0.2) is 0 Å². The molecular formula is C27H22ClF3N6O4S. The number of hydrogen-bond acceptors (Lipinski definition) is 7. The second-order valence-corrected chi connectivity index (χ2v) is 10.3. The van der Waals surface area contributed by atoms with Crippen LogP contribution in [-0.2, 0) is 17.5 Å². The molecule has 0 aliphatic rings. The van der Waals surface area contributed by atoms with Crippen molar-refractivity contribution in [2.45, 2.75) is 31.7 Å². The predicted molar refractivity (Wildman–Crippen MR) is 151 cm³/mol. The molecular weight excluding hydrogens is 597 g/mol. The Bertz CT molecular complexity index is 1660. The lowest BCUT2D eigenvalue weighted by atomic mass is 10.1. The summed E-state index contributed by atoms with van der Waals surface area (Å²) >= 11 is 6.99. The van der Waals surface area contributed by atoms with E-state index in [0.29, 0.717) is 16.7 Å². The lowest BCUT2D eigenvalue weighted by molar-refractivity contribution is -0.384. The van der Waals surface area contributed by atoms with Crippen molar-refractivity contribution < 1.29 is 27.7 Å². The largest absolute Gasteiger partial charge is 0.416 e. The highest BCUT2D eigenvalue weighted by molar-refractivity contribution is 7.99. The van der Waals surface area contributed by atoms with Crippen molar-refractivity contribution in [1.29, 1.82) is 0 Å². The van der Waals surface area contributed by atoms with Crippen molar-refractivity contribution in [3.8, 4) is 5.69 Å². The smallest absolute Gasteiger partial charge is 0.345 e. The molecule has 0 fully saturated rings. The fraction of sp³-hybridized carbons (Fsp3) is 0.185. The van der Waals surface area contributed by atoms with E-state index in [0.717, 1.165) is 41.1 Å². The van der Waals surface area contributed by atoms with Gasteiger partial charge in [0.25, 0.3) is 11.6 Å². The van der Waals surface area contributed by atoms with Gasteiger partial charge in [0.1, 0.15) is 0 Å². The number of carbonyl (C=O) groups is 2. The SMILES string of the molecule is Cc1cccc(-n2c(CNC(=O)c3ccc([N+](=O)[O-])cc3)nnc2SCC(=O)Nc2cc(C(F)(F)F)ccc2Cl)c1C. The normalized spacial score (nSPS) is 11.3. The minimum absolute atomic E-state index is 0.0500. The zero-order valence-electron chi connectivity index (χ0n) is 22.0. The Balaban J connectivity index is 1.54. The number of nitro groups is 1. The van der Waals surface area contributed by atoms with Crippen LogP contribution >= 0.6 is 23.4 Å². The number of nitrogens with one attached hydrogen (secondary N) is 2. The van der Waals surface area contributed by atoms with Crippen molar-refractivity contribution in [2.75, 3.05) is 11.1 Å². The molecule has 2 N–H and O–H groups in total. The van der Waals surface area contributed by atoms with E-state index in [9.17, 15) is 32.9 Å². The van der Waals surface area contributed by atoms with Crippen LogP contribution in [-0.4, -0.2) is 37.3 Å². The number of alkyl halides is 3. The summed E-state index contributed by atoms with van der Waals surface area (Å²) in [6.45, 7) is 3.74. The zero-order valence-corrected chi connectivity index (χ0v) is 23.6. The Kier molecular flexibility index (Phi) is 9.17. The molecule has 0 aliphatic heterocycles. The number of amides is 2. The van der Waals surface area contributed by atoms with Gasteiger partial charge in [0.2, 0.25) is 5.91 Å². The third-order valence-corrected chi connectivity index (χ3v) is 7.42. The molecule has 0 aliphatic carbocycles. The molecule has 1 heterocycles. The van der Waals surface area contributed by atoms with Crippen molar-refractivity contribution >= 4 is 46.6 Å². The Morgan fingerprint density at radius 3 is 2.45 bits per heavy atom. The second-order valence-electron chi connectivity index (χ2n) is 8.97. The summed E-state index contributed by atoms with van der Waals surface area (Å²) in [5.41, 5.74) is 1.48. The molecule has 0 unspecified atom stereocenters. The summed E-state index contributed by atoms with van der Waals surface area (Å²) in [6, 6.07) is 13.3. The average Bonchev–Trinajstić information content (AvgIpc) is 3.35.